The van der Waals surface area contributed by atoms with Crippen molar-refractivity contribution in [3.63, 3.8) is 0 Å². The van der Waals surface area contributed by atoms with Crippen LogP contribution in [0.15, 0.2) is 24.3 Å². The molecule has 1 aromatic heterocycles. The molecule has 0 fully saturated rings. The topological polar surface area (TPSA) is 39.2 Å². The molecule has 0 aliphatic heterocycles. The minimum Gasteiger partial charge on any atom is -0.485 e. The highest BCUT2D eigenvalue weighted by Crippen LogP contribution is 2.28. The van der Waals surface area contributed by atoms with Gasteiger partial charge in [-0.3, -0.25) is 4.79 Å². The fourth-order valence-electron chi connectivity index (χ4n) is 1.78. The number of aromatic nitrogens is 1. The van der Waals surface area contributed by atoms with Gasteiger partial charge in [-0.05, 0) is 18.1 Å². The number of Topliss-reactive ketones (excluding diaryl/α,β-unsaturated/α-hetero) is 1. The van der Waals surface area contributed by atoms with Crippen LogP contribution in [0.2, 0.25) is 5.02 Å². The lowest BCUT2D eigenvalue weighted by Crippen LogP contribution is -1.98. The zero-order valence-electron chi connectivity index (χ0n) is 11.6. The third-order valence-electron chi connectivity index (χ3n) is 2.75. The van der Waals surface area contributed by atoms with Crippen LogP contribution in [0.4, 0.5) is 0 Å². The van der Waals surface area contributed by atoms with E-state index in [9.17, 15) is 4.79 Å². The Bertz CT molecular complexity index is 622. The molecule has 0 amide bonds. The first kappa shape index (κ1) is 15.0. The lowest BCUT2D eigenvalue weighted by Gasteiger charge is -2.05. The number of rotatable bonds is 5. The lowest BCUT2D eigenvalue weighted by atomic mass is 10.1. The Balaban J connectivity index is 2.16. The number of hydrogen-bond donors (Lipinski definition) is 0. The molecule has 0 saturated carbocycles. The minimum absolute atomic E-state index is 0.0511. The zero-order valence-corrected chi connectivity index (χ0v) is 13.2. The number of hydrogen-bond acceptors (Lipinski definition) is 4. The number of thiazole rings is 1. The third kappa shape index (κ3) is 3.38. The number of carbonyl (C=O) groups is 1. The molecule has 20 heavy (non-hydrogen) atoms. The van der Waals surface area contributed by atoms with Crippen molar-refractivity contribution in [3.05, 3.63) is 44.9 Å². The maximum absolute atomic E-state index is 11.6. The lowest BCUT2D eigenvalue weighted by molar-refractivity contribution is 0.102. The summed E-state index contributed by atoms with van der Waals surface area (Å²) in [6.07, 6.45) is 0. The second kappa shape index (κ2) is 6.37. The van der Waals surface area contributed by atoms with Crippen molar-refractivity contribution in [1.29, 1.82) is 0 Å². The van der Waals surface area contributed by atoms with Crippen molar-refractivity contribution >= 4 is 28.7 Å². The van der Waals surface area contributed by atoms with Gasteiger partial charge >= 0.3 is 0 Å². The van der Waals surface area contributed by atoms with Gasteiger partial charge in [0.2, 0.25) is 0 Å². The van der Waals surface area contributed by atoms with Crippen molar-refractivity contribution in [1.82, 2.24) is 4.98 Å². The van der Waals surface area contributed by atoms with Gasteiger partial charge in [0, 0.05) is 6.92 Å². The Morgan fingerprint density at radius 1 is 1.40 bits per heavy atom. The molecular formula is C15H16ClNO2S. The fourth-order valence-corrected chi connectivity index (χ4v) is 3.00. The van der Waals surface area contributed by atoms with Crippen molar-refractivity contribution in [2.45, 2.75) is 33.3 Å². The SMILES string of the molecule is CC(=O)c1sc(COc2ccccc2Cl)nc1C(C)C. The molecule has 0 aliphatic carbocycles. The van der Waals surface area contributed by atoms with Crippen LogP contribution in [0.3, 0.4) is 0 Å². The van der Waals surface area contributed by atoms with Crippen LogP contribution in [0.25, 0.3) is 0 Å². The van der Waals surface area contributed by atoms with Gasteiger partial charge < -0.3 is 4.74 Å². The van der Waals surface area contributed by atoms with Crippen LogP contribution in [0, 0.1) is 0 Å². The van der Waals surface area contributed by atoms with Gasteiger partial charge in [-0.15, -0.1) is 11.3 Å². The molecule has 0 bridgehead atoms. The van der Waals surface area contributed by atoms with E-state index in [0.717, 1.165) is 15.6 Å². The van der Waals surface area contributed by atoms with Crippen molar-refractivity contribution < 1.29 is 9.53 Å². The summed E-state index contributed by atoms with van der Waals surface area (Å²) in [7, 11) is 0. The average molecular weight is 310 g/mol. The minimum atomic E-state index is 0.0511. The standard InChI is InChI=1S/C15H16ClNO2S/c1-9(2)14-15(10(3)18)20-13(17-14)8-19-12-7-5-4-6-11(12)16/h4-7,9H,8H2,1-3H3. The first-order chi connectivity index (χ1) is 9.49. The first-order valence-electron chi connectivity index (χ1n) is 6.37. The Hall–Kier alpha value is -1.39. The van der Waals surface area contributed by atoms with E-state index in [-0.39, 0.29) is 11.7 Å². The van der Waals surface area contributed by atoms with Crippen LogP contribution in [-0.2, 0) is 6.61 Å². The molecule has 2 rings (SSSR count). The number of nitrogens with zero attached hydrogens (tertiary/aromatic N) is 1. The predicted octanol–water partition coefficient (Wildman–Crippen LogP) is 4.70. The maximum atomic E-state index is 11.6. The third-order valence-corrected chi connectivity index (χ3v) is 4.21. The molecular weight excluding hydrogens is 294 g/mol. The molecule has 0 saturated heterocycles. The van der Waals surface area contributed by atoms with Crippen LogP contribution in [-0.4, -0.2) is 10.8 Å². The Morgan fingerprint density at radius 2 is 2.10 bits per heavy atom. The molecule has 0 aliphatic rings. The molecule has 1 heterocycles. The molecule has 0 N–H and O–H groups in total. The van der Waals surface area contributed by atoms with Gasteiger partial charge in [-0.25, -0.2) is 4.98 Å². The molecule has 3 nitrogen and oxygen atoms in total. The van der Waals surface area contributed by atoms with E-state index in [1.807, 2.05) is 32.0 Å². The number of ketones is 1. The highest BCUT2D eigenvalue weighted by Gasteiger charge is 2.17. The smallest absolute Gasteiger partial charge is 0.171 e. The van der Waals surface area contributed by atoms with Gasteiger partial charge in [0.25, 0.3) is 0 Å². The number of carbonyl (C=O) groups excluding carboxylic acids is 1. The van der Waals surface area contributed by atoms with Gasteiger partial charge in [0.05, 0.1) is 15.6 Å². The van der Waals surface area contributed by atoms with Gasteiger partial charge in [0.15, 0.2) is 5.78 Å². The summed E-state index contributed by atoms with van der Waals surface area (Å²) in [6, 6.07) is 7.30. The molecule has 0 spiro atoms. The molecule has 0 unspecified atom stereocenters. The summed E-state index contributed by atoms with van der Waals surface area (Å²) in [5, 5.41) is 1.36. The van der Waals surface area contributed by atoms with Crippen LogP contribution in [0.5, 0.6) is 5.75 Å². The van der Waals surface area contributed by atoms with E-state index < -0.39 is 0 Å². The van der Waals surface area contributed by atoms with E-state index in [0.29, 0.717) is 17.4 Å². The quantitative estimate of drug-likeness (QED) is 0.751. The monoisotopic (exact) mass is 309 g/mol. The van der Waals surface area contributed by atoms with Crippen LogP contribution in [0.1, 0.15) is 47.1 Å². The second-order valence-corrected chi connectivity index (χ2v) is 6.24. The van der Waals surface area contributed by atoms with E-state index in [1.54, 1.807) is 13.0 Å². The normalized spacial score (nSPS) is 10.8. The first-order valence-corrected chi connectivity index (χ1v) is 7.56. The van der Waals surface area contributed by atoms with Crippen LogP contribution < -0.4 is 4.74 Å². The zero-order chi connectivity index (χ0) is 14.7. The largest absolute Gasteiger partial charge is 0.485 e. The summed E-state index contributed by atoms with van der Waals surface area (Å²) in [4.78, 5) is 16.8. The van der Waals surface area contributed by atoms with E-state index in [1.165, 1.54) is 11.3 Å². The average Bonchev–Trinajstić information content (AvgIpc) is 2.82. The highest BCUT2D eigenvalue weighted by molar-refractivity contribution is 7.13. The fraction of sp³-hybridized carbons (Fsp3) is 0.333. The number of benzene rings is 1. The molecule has 0 atom stereocenters. The predicted molar refractivity (Wildman–Crippen MR) is 82.0 cm³/mol. The number of para-hydroxylation sites is 1. The molecule has 2 aromatic rings. The van der Waals surface area contributed by atoms with Crippen LogP contribution >= 0.6 is 22.9 Å². The summed E-state index contributed by atoms with van der Waals surface area (Å²) >= 11 is 7.42. The molecule has 5 heteroatoms. The van der Waals surface area contributed by atoms with Gasteiger partial charge in [-0.1, -0.05) is 37.6 Å². The summed E-state index contributed by atoms with van der Waals surface area (Å²) in [5.41, 5.74) is 0.847. The number of halogens is 1. The van der Waals surface area contributed by atoms with Crippen molar-refractivity contribution in [2.24, 2.45) is 0 Å². The molecule has 106 valence electrons. The Morgan fingerprint density at radius 3 is 2.65 bits per heavy atom. The number of ether oxygens (including phenoxy) is 1. The maximum Gasteiger partial charge on any atom is 0.171 e. The van der Waals surface area contributed by atoms with Crippen molar-refractivity contribution in [2.75, 3.05) is 0 Å². The van der Waals surface area contributed by atoms with Gasteiger partial charge in [0.1, 0.15) is 17.4 Å². The molecule has 0 radical (unpaired) electrons. The summed E-state index contributed by atoms with van der Waals surface area (Å²) in [6.45, 7) is 5.94. The van der Waals surface area contributed by atoms with E-state index in [2.05, 4.69) is 4.98 Å². The Labute approximate surface area is 127 Å². The Kier molecular flexibility index (Phi) is 4.78. The van der Waals surface area contributed by atoms with Crippen molar-refractivity contribution in [3.8, 4) is 5.75 Å². The second-order valence-electron chi connectivity index (χ2n) is 4.75. The highest BCUT2D eigenvalue weighted by atomic mass is 35.5. The van der Waals surface area contributed by atoms with E-state index >= 15 is 0 Å². The summed E-state index contributed by atoms with van der Waals surface area (Å²) < 4.78 is 5.66. The van der Waals surface area contributed by atoms with Gasteiger partial charge in [-0.2, -0.15) is 0 Å². The summed E-state index contributed by atoms with van der Waals surface area (Å²) in [5.74, 6) is 0.897. The molecule has 1 aromatic carbocycles. The van der Waals surface area contributed by atoms with E-state index in [4.69, 9.17) is 16.3 Å².